The molecule has 0 spiro atoms. The Hall–Kier alpha value is -12.2. The molecule has 0 saturated heterocycles. The number of esters is 3. The smallest absolute Gasteiger partial charge is 0.870 e. The zero-order valence-electron chi connectivity index (χ0n) is 72.3. The van der Waals surface area contributed by atoms with Crippen LogP contribution in [0, 0.1) is 34.6 Å². The van der Waals surface area contributed by atoms with Crippen LogP contribution in [0.2, 0.25) is 0 Å². The topological polar surface area (TPSA) is 462 Å². The van der Waals surface area contributed by atoms with Gasteiger partial charge in [0.25, 0.3) is 0 Å². The minimum absolute atomic E-state index is 0. The van der Waals surface area contributed by atoms with Gasteiger partial charge in [0.1, 0.15) is 43.3 Å². The number of nitrogens with two attached hydrogens (primary N) is 2. The van der Waals surface area contributed by atoms with Crippen LogP contribution in [0.1, 0.15) is 136 Å². The molecule has 14 rings (SSSR count). The fourth-order valence-corrected chi connectivity index (χ4v) is 15.6. The van der Waals surface area contributed by atoms with E-state index in [2.05, 4.69) is 115 Å². The Bertz CT molecular complexity index is 5540. The zero-order valence-corrected chi connectivity index (χ0v) is 77.2. The molecule has 0 aliphatic rings. The maximum Gasteiger partial charge on any atom is 1.00 e. The first-order valence-electron chi connectivity index (χ1n) is 39.7. The van der Waals surface area contributed by atoms with Crippen LogP contribution in [-0.4, -0.2) is 152 Å². The number of imidazole rings is 4. The fraction of sp³-hybridized carbons (Fsp3) is 0.303. The zero-order chi connectivity index (χ0) is 88.5. The number of anilines is 4. The number of aromatic nitrogens is 16. The van der Waals surface area contributed by atoms with Crippen LogP contribution in [0.3, 0.4) is 0 Å². The summed E-state index contributed by atoms with van der Waals surface area (Å²) in [4.78, 5) is 86.0. The Morgan fingerprint density at radius 1 is 0.378 bits per heavy atom. The number of hydrogen-bond acceptors (Lipinski definition) is 28. The van der Waals surface area contributed by atoms with Crippen molar-refractivity contribution in [3.05, 3.63) is 305 Å². The maximum absolute atomic E-state index is 12.7. The summed E-state index contributed by atoms with van der Waals surface area (Å²) in [7, 11) is 4.20. The van der Waals surface area contributed by atoms with Crippen molar-refractivity contribution in [2.75, 3.05) is 43.4 Å². The van der Waals surface area contributed by atoms with E-state index in [1.807, 2.05) is 210 Å². The molecule has 2 amide bonds. The molecule has 10 N–H and O–H groups in total. The summed E-state index contributed by atoms with van der Waals surface area (Å²) in [6.45, 7) is 12.8. The van der Waals surface area contributed by atoms with E-state index in [9.17, 15) is 28.8 Å². The van der Waals surface area contributed by atoms with Crippen molar-refractivity contribution in [3.8, 4) is 0 Å². The number of amides is 2. The summed E-state index contributed by atoms with van der Waals surface area (Å²) in [6.07, 6.45) is 23.7. The van der Waals surface area contributed by atoms with Gasteiger partial charge < -0.3 is 70.6 Å². The fourth-order valence-electron chi connectivity index (χ4n) is 12.3. The van der Waals surface area contributed by atoms with Crippen molar-refractivity contribution in [1.82, 2.24) is 79.0 Å². The normalized spacial score (nSPS) is 10.3. The number of benzene rings is 6. The molecule has 0 radical (unpaired) electrons. The number of methoxy groups -OCH3 is 3. The van der Waals surface area contributed by atoms with Crippen molar-refractivity contribution in [2.24, 2.45) is 0 Å². The van der Waals surface area contributed by atoms with Crippen molar-refractivity contribution in [3.63, 3.8) is 0 Å². The molecule has 0 aliphatic carbocycles. The van der Waals surface area contributed by atoms with Crippen molar-refractivity contribution in [1.29, 1.82) is 0 Å². The summed E-state index contributed by atoms with van der Waals surface area (Å²) in [5.41, 5.74) is 23.4. The molecule has 0 unspecified atom stereocenters. The van der Waals surface area contributed by atoms with Crippen molar-refractivity contribution < 1.29 is 77.9 Å². The second-order valence-corrected chi connectivity index (χ2v) is 33.3. The Balaban J connectivity index is 0.000000260. The van der Waals surface area contributed by atoms with E-state index >= 15 is 0 Å². The quantitative estimate of drug-likeness (QED) is 0.00838. The first-order chi connectivity index (χ1) is 59.9. The summed E-state index contributed by atoms with van der Waals surface area (Å²) >= 11 is 9.05. The van der Waals surface area contributed by atoms with Gasteiger partial charge in [-0.1, -0.05) is 212 Å². The molecule has 0 aliphatic heterocycles. The third-order valence-corrected chi connectivity index (χ3v) is 22.6. The molecular formula is C89H104BrLiN20O12S4. The number of carbonyl (C=O) groups is 6. The predicted molar refractivity (Wildman–Crippen MR) is 491 cm³/mol. The van der Waals surface area contributed by atoms with Gasteiger partial charge in [0.2, 0.25) is 32.3 Å². The average molecular weight is 1860 g/mol. The molecule has 0 bridgehead atoms. The average Bonchev–Trinajstić information content (AvgIpc) is 1.85. The number of hydrogen-bond donors (Lipinski definition) is 5. The number of carboxylic acid groups (broad SMARTS) is 1. The van der Waals surface area contributed by atoms with Crippen LogP contribution >= 0.6 is 61.3 Å². The minimum atomic E-state index is -0.805. The van der Waals surface area contributed by atoms with Gasteiger partial charge in [-0.05, 0) is 121 Å². The SMILES string of the molecule is COC(=O)Cc1cccc(C)c1.COC(=O)Cc1cccc(CBr)c1.COC(=O)Cc1cccc(Cn2ccnc2C)c1.Cc1nccn1Cc1cccc(CC(=O)Nc2nnc(CCCCc3nnc(NC(=O)Cc4cccc(Cn5ccnc5C)c4)s3)s2)c1.Cc1nccn1Cc1cccc(CC(=O)O)c1.Nc1nnc(CCCCc2nnc(N)s2)s1.O.[Li+].[OH-]. The van der Waals surface area contributed by atoms with Crippen LogP contribution in [0.25, 0.3) is 0 Å². The standard InChI is InChI=1S/C34H36N10O2S2.C14H16N2O2.C13H14N2O2.C10H11BrO2.C10H12O2.C8H12N6S2.Li.2H2O/c1-23-35-13-15-43(23)21-27-9-5-7-25(17-27)19-29(45)37-33-41-39-31(47-33)11-3-4-12-32-40-42-34(48-32)38-30(46)20-26-8-6-10-28(18-26)22-44-16-14-36-24(44)2;1-11-15-6-7-16(11)10-13-5-3-4-12(8-13)9-14(17)18-2;1-10-14-5-6-15(10)9-12-4-2-3-11(7-12)8-13(16)17;1-13-10(12)6-8-3-2-4-9(5-8)7-11;1-8-4-3-5-9(6-8)7-10(11)12-2;9-7-13-11-5(15-7)3-1-2-4-6-12-14-8(10)16-6;;;/h5-10,13-18H,3-4,11-12,19-22H2,1-2H3,(H,37,41,45)(H,38,42,46);3-8H,9-10H2,1-2H3;2-7H,8-9H2,1H3,(H,16,17);2-5H,6-7H2,1H3;3-6H,7H2,1-2H3;1-4H2,(H2,9,13)(H2,10,14);;2*1H2/q;;;;;;+1;;/p-1. The molecule has 8 heterocycles. The van der Waals surface area contributed by atoms with E-state index in [1.165, 1.54) is 72.2 Å². The van der Waals surface area contributed by atoms with Gasteiger partial charge in [-0.2, -0.15) is 0 Å². The first-order valence-corrected chi connectivity index (χ1v) is 44.0. The number of carboxylic acids is 1. The van der Waals surface area contributed by atoms with E-state index in [1.54, 1.807) is 24.8 Å². The van der Waals surface area contributed by atoms with E-state index in [-0.39, 0.29) is 78.8 Å². The van der Waals surface area contributed by atoms with Crippen molar-refractivity contribution in [2.45, 2.75) is 156 Å². The third kappa shape index (κ3) is 37.9. The Kier molecular flexibility index (Phi) is 45.1. The third-order valence-electron chi connectivity index (χ3n) is 18.6. The van der Waals surface area contributed by atoms with Crippen LogP contribution in [-0.2, 0) is 139 Å². The monoisotopic (exact) mass is 1860 g/mol. The summed E-state index contributed by atoms with van der Waals surface area (Å²) in [5.74, 6) is 2.17. The molecule has 32 nitrogen and oxygen atoms in total. The van der Waals surface area contributed by atoms with Gasteiger partial charge in [0.15, 0.2) is 0 Å². The van der Waals surface area contributed by atoms with E-state index in [0.29, 0.717) is 52.9 Å². The first kappa shape index (κ1) is 104. The molecule has 127 heavy (non-hydrogen) atoms. The second kappa shape index (κ2) is 55.3. The Morgan fingerprint density at radius 3 is 0.921 bits per heavy atom. The predicted octanol–water partition coefficient (Wildman–Crippen LogP) is 10.4. The maximum atomic E-state index is 12.7. The van der Waals surface area contributed by atoms with Gasteiger partial charge in [-0.3, -0.25) is 28.8 Å². The molecule has 38 heteroatoms. The molecule has 8 aromatic heterocycles. The van der Waals surface area contributed by atoms with Crippen LogP contribution in [0.5, 0.6) is 0 Å². The molecule has 0 atom stereocenters. The number of halogens is 1. The number of carbonyl (C=O) groups excluding carboxylic acids is 5. The largest absolute Gasteiger partial charge is 1.00 e. The molecule has 0 fully saturated rings. The minimum Gasteiger partial charge on any atom is -0.870 e. The molecule has 0 saturated carbocycles. The summed E-state index contributed by atoms with van der Waals surface area (Å²) in [5, 5.41) is 53.4. The van der Waals surface area contributed by atoms with E-state index in [0.717, 1.165) is 174 Å². The van der Waals surface area contributed by atoms with Crippen LogP contribution in [0.15, 0.2) is 195 Å². The Labute approximate surface area is 773 Å². The van der Waals surface area contributed by atoms with Gasteiger partial charge in [0.05, 0.1) is 59.9 Å². The number of aryl methyl sites for hydroxylation is 9. The van der Waals surface area contributed by atoms with Gasteiger partial charge in [-0.15, -0.1) is 40.8 Å². The number of unbranched alkanes of at least 4 members (excludes halogenated alkanes) is 2. The van der Waals surface area contributed by atoms with Gasteiger partial charge in [-0.25, -0.2) is 19.9 Å². The number of nitrogen functional groups attached to an aromatic ring is 2. The van der Waals surface area contributed by atoms with Crippen molar-refractivity contribution >= 4 is 117 Å². The van der Waals surface area contributed by atoms with Gasteiger partial charge in [0, 0.05) is 107 Å². The van der Waals surface area contributed by atoms with E-state index < -0.39 is 5.97 Å². The number of rotatable bonds is 33. The number of aliphatic carboxylic acids is 1. The molecule has 6 aromatic carbocycles. The Morgan fingerprint density at radius 2 is 0.646 bits per heavy atom. The number of nitrogens with zero attached hydrogens (tertiary/aromatic N) is 16. The number of ether oxygens (including phenoxy) is 3. The number of nitrogens with one attached hydrogen (secondary N) is 2. The number of alkyl halides is 1. The molecule has 14 aromatic rings. The van der Waals surface area contributed by atoms with Crippen LogP contribution < -0.4 is 41.0 Å². The van der Waals surface area contributed by atoms with Gasteiger partial charge >= 0.3 is 42.7 Å². The molecule has 664 valence electrons. The molecular weight excluding hydrogens is 1760 g/mol. The second-order valence-electron chi connectivity index (χ2n) is 28.4. The summed E-state index contributed by atoms with van der Waals surface area (Å²) in [6, 6.07) is 47.3. The summed E-state index contributed by atoms with van der Waals surface area (Å²) < 4.78 is 22.0. The van der Waals surface area contributed by atoms with E-state index in [4.69, 9.17) is 16.6 Å². The van der Waals surface area contributed by atoms with Crippen LogP contribution in [0.4, 0.5) is 20.5 Å².